The highest BCUT2D eigenvalue weighted by Crippen LogP contribution is 2.38. The van der Waals surface area contributed by atoms with Gasteiger partial charge in [-0.25, -0.2) is 0 Å². The van der Waals surface area contributed by atoms with Gasteiger partial charge in [0.1, 0.15) is 11.9 Å². The van der Waals surface area contributed by atoms with Crippen molar-refractivity contribution in [2.45, 2.75) is 43.7 Å². The minimum atomic E-state index is -0.244. The summed E-state index contributed by atoms with van der Waals surface area (Å²) in [5, 5.41) is 13.2. The van der Waals surface area contributed by atoms with E-state index in [-0.39, 0.29) is 18.1 Å². The number of rotatable bonds is 4. The highest BCUT2D eigenvalue weighted by atomic mass is 16.5. The van der Waals surface area contributed by atoms with Crippen molar-refractivity contribution in [1.82, 2.24) is 24.7 Å². The lowest BCUT2D eigenvalue weighted by Crippen LogP contribution is -2.61. The average Bonchev–Trinajstić information content (AvgIpc) is 3.11. The van der Waals surface area contributed by atoms with Gasteiger partial charge in [0, 0.05) is 32.7 Å². The van der Waals surface area contributed by atoms with Crippen molar-refractivity contribution in [3.05, 3.63) is 18.0 Å². The molecule has 132 valence electrons. The number of aromatic nitrogens is 4. The predicted octanol–water partition coefficient (Wildman–Crippen LogP) is 0.828. The Labute approximate surface area is 145 Å². The van der Waals surface area contributed by atoms with Gasteiger partial charge in [-0.15, -0.1) is 15.3 Å². The Kier molecular flexibility index (Phi) is 3.41. The summed E-state index contributed by atoms with van der Waals surface area (Å²) < 4.78 is 7.39. The first-order chi connectivity index (χ1) is 12.2. The zero-order valence-electron chi connectivity index (χ0n) is 14.3. The Balaban J connectivity index is 1.27. The number of anilines is 1. The SMILES string of the molecule is CN(C(=O)C1CCCO1)C1CN(c2ccc3nnc(C4CC4)n3n2)C1. The summed E-state index contributed by atoms with van der Waals surface area (Å²) >= 11 is 0. The van der Waals surface area contributed by atoms with Crippen LogP contribution >= 0.6 is 0 Å². The van der Waals surface area contributed by atoms with E-state index in [0.29, 0.717) is 12.5 Å². The Morgan fingerprint density at radius 1 is 1.24 bits per heavy atom. The van der Waals surface area contributed by atoms with Crippen LogP contribution in [-0.2, 0) is 9.53 Å². The smallest absolute Gasteiger partial charge is 0.251 e. The average molecular weight is 342 g/mol. The van der Waals surface area contributed by atoms with Crippen LogP contribution < -0.4 is 4.90 Å². The van der Waals surface area contributed by atoms with Gasteiger partial charge >= 0.3 is 0 Å². The summed E-state index contributed by atoms with van der Waals surface area (Å²) in [7, 11) is 1.88. The number of carbonyl (C=O) groups is 1. The molecular weight excluding hydrogens is 320 g/mol. The predicted molar refractivity (Wildman–Crippen MR) is 90.5 cm³/mol. The van der Waals surface area contributed by atoms with E-state index in [4.69, 9.17) is 9.84 Å². The molecular formula is C17H22N6O2. The third kappa shape index (κ3) is 2.55. The fourth-order valence-corrected chi connectivity index (χ4v) is 3.63. The van der Waals surface area contributed by atoms with Crippen LogP contribution in [0.25, 0.3) is 5.65 Å². The summed E-state index contributed by atoms with van der Waals surface area (Å²) in [5.74, 6) is 2.51. The van der Waals surface area contributed by atoms with Crippen LogP contribution in [0.1, 0.15) is 37.4 Å². The van der Waals surface area contributed by atoms with Crippen molar-refractivity contribution in [1.29, 1.82) is 0 Å². The molecule has 8 nitrogen and oxygen atoms in total. The minimum Gasteiger partial charge on any atom is -0.368 e. The standard InChI is InChI=1S/C17H22N6O2/c1-21(17(24)13-3-2-8-25-13)12-9-22(10-12)15-7-6-14-18-19-16(11-4-5-11)23(14)20-15/h6-7,11-13H,2-5,8-10H2,1H3. The van der Waals surface area contributed by atoms with E-state index in [1.165, 1.54) is 12.8 Å². The van der Waals surface area contributed by atoms with E-state index in [1.807, 2.05) is 28.6 Å². The highest BCUT2D eigenvalue weighted by Gasteiger charge is 2.37. The summed E-state index contributed by atoms with van der Waals surface area (Å²) in [6, 6.07) is 4.17. The lowest BCUT2D eigenvalue weighted by atomic mass is 10.1. The molecule has 2 aromatic rings. The van der Waals surface area contributed by atoms with Crippen LogP contribution in [0.15, 0.2) is 12.1 Å². The summed E-state index contributed by atoms with van der Waals surface area (Å²) in [5.41, 5.74) is 0.799. The third-order valence-electron chi connectivity index (χ3n) is 5.50. The number of carbonyl (C=O) groups excluding carboxylic acids is 1. The molecule has 0 N–H and O–H groups in total. The fraction of sp³-hybridized carbons (Fsp3) is 0.647. The van der Waals surface area contributed by atoms with Gasteiger partial charge in [-0.1, -0.05) is 0 Å². The number of amides is 1. The Bertz CT molecular complexity index is 805. The van der Waals surface area contributed by atoms with E-state index < -0.39 is 0 Å². The molecule has 0 aromatic carbocycles. The fourth-order valence-electron chi connectivity index (χ4n) is 3.63. The van der Waals surface area contributed by atoms with E-state index in [2.05, 4.69) is 15.1 Å². The van der Waals surface area contributed by atoms with Crippen molar-refractivity contribution >= 4 is 17.4 Å². The maximum atomic E-state index is 12.4. The Morgan fingerprint density at radius 3 is 2.80 bits per heavy atom. The molecule has 1 amide bonds. The van der Waals surface area contributed by atoms with E-state index >= 15 is 0 Å². The number of nitrogens with zero attached hydrogens (tertiary/aromatic N) is 6. The van der Waals surface area contributed by atoms with E-state index in [1.54, 1.807) is 0 Å². The molecule has 3 aliphatic rings. The van der Waals surface area contributed by atoms with Crippen LogP contribution in [0.3, 0.4) is 0 Å². The summed E-state index contributed by atoms with van der Waals surface area (Å²) in [6.07, 6.45) is 3.93. The van der Waals surface area contributed by atoms with Gasteiger partial charge in [0.15, 0.2) is 11.5 Å². The molecule has 1 unspecified atom stereocenters. The Morgan fingerprint density at radius 2 is 2.08 bits per heavy atom. The number of likely N-dealkylation sites (N-methyl/N-ethyl adjacent to an activating group) is 1. The molecule has 2 aliphatic heterocycles. The zero-order chi connectivity index (χ0) is 17.0. The lowest BCUT2D eigenvalue weighted by molar-refractivity contribution is -0.142. The van der Waals surface area contributed by atoms with E-state index in [0.717, 1.165) is 43.2 Å². The maximum Gasteiger partial charge on any atom is 0.251 e. The van der Waals surface area contributed by atoms with Crippen LogP contribution in [-0.4, -0.2) is 69.5 Å². The van der Waals surface area contributed by atoms with Crippen LogP contribution in [0, 0.1) is 0 Å². The number of hydrogen-bond donors (Lipinski definition) is 0. The largest absolute Gasteiger partial charge is 0.368 e. The van der Waals surface area contributed by atoms with Gasteiger partial charge in [-0.05, 0) is 37.8 Å². The first-order valence-electron chi connectivity index (χ1n) is 9.06. The third-order valence-corrected chi connectivity index (χ3v) is 5.50. The molecule has 0 spiro atoms. The second kappa shape index (κ2) is 5.66. The first-order valence-corrected chi connectivity index (χ1v) is 9.06. The molecule has 4 heterocycles. The molecule has 1 aliphatic carbocycles. The van der Waals surface area contributed by atoms with Crippen LogP contribution in [0.2, 0.25) is 0 Å². The highest BCUT2D eigenvalue weighted by molar-refractivity contribution is 5.81. The molecule has 2 aromatic heterocycles. The number of hydrogen-bond acceptors (Lipinski definition) is 6. The van der Waals surface area contributed by atoms with Crippen molar-refractivity contribution in [3.63, 3.8) is 0 Å². The molecule has 3 fully saturated rings. The number of ether oxygens (including phenoxy) is 1. The normalized spacial score (nSPS) is 23.9. The first kappa shape index (κ1) is 15.1. The molecule has 0 radical (unpaired) electrons. The quantitative estimate of drug-likeness (QED) is 0.819. The molecule has 2 saturated heterocycles. The van der Waals surface area contributed by atoms with Crippen molar-refractivity contribution in [3.8, 4) is 0 Å². The zero-order valence-corrected chi connectivity index (χ0v) is 14.3. The number of fused-ring (bicyclic) bond motifs is 1. The van der Waals surface area contributed by atoms with Gasteiger partial charge in [0.25, 0.3) is 5.91 Å². The van der Waals surface area contributed by atoms with Crippen molar-refractivity contribution in [2.75, 3.05) is 31.6 Å². The van der Waals surface area contributed by atoms with Crippen molar-refractivity contribution < 1.29 is 9.53 Å². The van der Waals surface area contributed by atoms with Gasteiger partial charge in [-0.3, -0.25) is 4.79 Å². The van der Waals surface area contributed by atoms with Gasteiger partial charge in [-0.2, -0.15) is 4.52 Å². The summed E-state index contributed by atoms with van der Waals surface area (Å²) in [4.78, 5) is 16.5. The second-order valence-electron chi connectivity index (χ2n) is 7.30. The molecule has 0 bridgehead atoms. The molecule has 5 rings (SSSR count). The Hall–Kier alpha value is -2.22. The van der Waals surface area contributed by atoms with Crippen molar-refractivity contribution in [2.24, 2.45) is 0 Å². The monoisotopic (exact) mass is 342 g/mol. The minimum absolute atomic E-state index is 0.111. The second-order valence-corrected chi connectivity index (χ2v) is 7.30. The molecule has 1 atom stereocenters. The molecule has 8 heteroatoms. The topological polar surface area (TPSA) is 75.9 Å². The summed E-state index contributed by atoms with van der Waals surface area (Å²) in [6.45, 7) is 2.30. The maximum absolute atomic E-state index is 12.4. The van der Waals surface area contributed by atoms with Crippen LogP contribution in [0.5, 0.6) is 0 Å². The van der Waals surface area contributed by atoms with Gasteiger partial charge in [0.05, 0.1) is 6.04 Å². The van der Waals surface area contributed by atoms with Gasteiger partial charge in [0.2, 0.25) is 0 Å². The van der Waals surface area contributed by atoms with Gasteiger partial charge < -0.3 is 14.5 Å². The van der Waals surface area contributed by atoms with E-state index in [9.17, 15) is 4.79 Å². The molecule has 25 heavy (non-hydrogen) atoms. The lowest BCUT2D eigenvalue weighted by Gasteiger charge is -2.44. The molecule has 1 saturated carbocycles. The van der Waals surface area contributed by atoms with Crippen LogP contribution in [0.4, 0.5) is 5.82 Å².